The van der Waals surface area contributed by atoms with Gasteiger partial charge < -0.3 is 5.11 Å². The summed E-state index contributed by atoms with van der Waals surface area (Å²) in [6.07, 6.45) is 0. The minimum Gasteiger partial charge on any atom is -0.381 e. The van der Waals surface area contributed by atoms with Gasteiger partial charge in [0.15, 0.2) is 5.78 Å². The van der Waals surface area contributed by atoms with Crippen molar-refractivity contribution >= 4 is 70.4 Å². The molecule has 1 aliphatic carbocycles. The summed E-state index contributed by atoms with van der Waals surface area (Å²) in [5, 5.41) is 27.3. The van der Waals surface area contributed by atoms with Gasteiger partial charge in [-0.2, -0.15) is 0 Å². The van der Waals surface area contributed by atoms with Crippen LogP contribution in [-0.4, -0.2) is 10.9 Å². The lowest BCUT2D eigenvalue weighted by Gasteiger charge is -2.40. The summed E-state index contributed by atoms with van der Waals surface area (Å²) < 4.78 is 0. The molecule has 0 atom stereocenters. The van der Waals surface area contributed by atoms with Gasteiger partial charge in [-0.15, -0.1) is 0 Å². The number of ketones is 1. The van der Waals surface area contributed by atoms with Crippen molar-refractivity contribution in [2.24, 2.45) is 0 Å². The molecule has 0 saturated carbocycles. The number of hydrogen-bond acceptors (Lipinski definition) is 2. The van der Waals surface area contributed by atoms with Gasteiger partial charge in [-0.25, -0.2) is 0 Å². The maximum atomic E-state index is 17.1. The fourth-order valence-corrected chi connectivity index (χ4v) is 11.6. The topological polar surface area (TPSA) is 37.3 Å². The molecule has 13 rings (SSSR count). The summed E-state index contributed by atoms with van der Waals surface area (Å²) in [4.78, 5) is 17.1. The largest absolute Gasteiger partial charge is 0.381 e. The Hall–Kier alpha value is -8.17. The van der Waals surface area contributed by atoms with Crippen molar-refractivity contribution in [1.29, 1.82) is 0 Å². The normalized spacial score (nSPS) is 13.2. The maximum absolute atomic E-state index is 17.1. The molecule has 0 aliphatic heterocycles. The maximum Gasteiger partial charge on any atom is 0.195 e. The van der Waals surface area contributed by atoms with E-state index in [0.29, 0.717) is 22.3 Å². The number of fused-ring (bicyclic) bond motifs is 14. The molecule has 0 aromatic heterocycles. The molecular formula is C63H40O2. The fourth-order valence-electron chi connectivity index (χ4n) is 11.6. The van der Waals surface area contributed by atoms with Gasteiger partial charge in [-0.3, -0.25) is 4.79 Å². The van der Waals surface area contributed by atoms with Crippen LogP contribution in [0.4, 0.5) is 0 Å². The minimum atomic E-state index is -1.72. The molecule has 0 saturated heterocycles. The summed E-state index contributed by atoms with van der Waals surface area (Å²) in [5.74, 6) is -0.105. The molecule has 1 aliphatic rings. The van der Waals surface area contributed by atoms with Crippen LogP contribution in [0.3, 0.4) is 0 Å². The Morgan fingerprint density at radius 3 is 0.769 bits per heavy atom. The van der Waals surface area contributed by atoms with E-state index in [1.54, 1.807) is 0 Å². The first-order valence-corrected chi connectivity index (χ1v) is 22.4. The van der Waals surface area contributed by atoms with E-state index >= 15 is 4.79 Å². The Kier molecular flexibility index (Phi) is 8.15. The van der Waals surface area contributed by atoms with Crippen LogP contribution in [0, 0.1) is 0 Å². The lowest BCUT2D eigenvalue weighted by atomic mass is 9.64. The summed E-state index contributed by atoms with van der Waals surface area (Å²) in [6.45, 7) is 1.95. The van der Waals surface area contributed by atoms with Crippen molar-refractivity contribution in [2.75, 3.05) is 0 Å². The molecule has 2 nitrogen and oxygen atoms in total. The van der Waals surface area contributed by atoms with Crippen LogP contribution in [0.15, 0.2) is 218 Å². The second kappa shape index (κ2) is 14.2. The van der Waals surface area contributed by atoms with Crippen LogP contribution in [0.2, 0.25) is 0 Å². The quantitative estimate of drug-likeness (QED) is 0.179. The summed E-state index contributed by atoms with van der Waals surface area (Å²) in [5.41, 5.74) is 7.68. The number of hydrogen-bond donors (Lipinski definition) is 1. The number of carbonyl (C=O) groups excluding carboxylic acids is 1. The average Bonchev–Trinajstić information content (AvgIpc) is 3.37. The zero-order valence-electron chi connectivity index (χ0n) is 35.6. The van der Waals surface area contributed by atoms with Crippen LogP contribution in [0.1, 0.15) is 34.0 Å². The van der Waals surface area contributed by atoms with E-state index < -0.39 is 5.60 Å². The van der Waals surface area contributed by atoms with Crippen LogP contribution < -0.4 is 0 Å². The first-order chi connectivity index (χ1) is 32.0. The lowest BCUT2D eigenvalue weighted by Crippen LogP contribution is -2.36. The van der Waals surface area contributed by atoms with Crippen molar-refractivity contribution in [3.8, 4) is 44.5 Å². The highest BCUT2D eigenvalue weighted by Gasteiger charge is 2.48. The third-order valence-corrected chi connectivity index (χ3v) is 14.0. The molecule has 0 heterocycles. The van der Waals surface area contributed by atoms with E-state index in [4.69, 9.17) is 0 Å². The molecule has 0 radical (unpaired) electrons. The average molecular weight is 829 g/mol. The molecular weight excluding hydrogens is 789 g/mol. The van der Waals surface area contributed by atoms with Gasteiger partial charge in [0, 0.05) is 33.4 Å². The van der Waals surface area contributed by atoms with Gasteiger partial charge in [0.2, 0.25) is 0 Å². The van der Waals surface area contributed by atoms with E-state index in [-0.39, 0.29) is 5.78 Å². The SMILES string of the molecule is CC1(O)c2c(c(-c3ccccc3)c3c4ccccc4c4ccccc4c3c2-c2ccccc2)C(=O)c2c1c(-c1ccccc1)c1c3ccccc3c3ccccc3c1c2-c1ccccc1. The highest BCUT2D eigenvalue weighted by atomic mass is 16.3. The summed E-state index contributed by atoms with van der Waals surface area (Å²) in [7, 11) is 0. The number of benzene rings is 12. The van der Waals surface area contributed by atoms with Crippen LogP contribution in [0.5, 0.6) is 0 Å². The van der Waals surface area contributed by atoms with Gasteiger partial charge in [-0.05, 0) is 105 Å². The van der Waals surface area contributed by atoms with Crippen molar-refractivity contribution in [2.45, 2.75) is 12.5 Å². The Morgan fingerprint density at radius 1 is 0.277 bits per heavy atom. The number of carbonyl (C=O) groups is 1. The molecule has 0 fully saturated rings. The summed E-state index contributed by atoms with van der Waals surface area (Å²) >= 11 is 0. The number of aliphatic hydroxyl groups is 1. The Morgan fingerprint density at radius 2 is 0.492 bits per heavy atom. The van der Waals surface area contributed by atoms with Crippen molar-refractivity contribution in [3.63, 3.8) is 0 Å². The Labute approximate surface area is 376 Å². The third kappa shape index (κ3) is 5.23. The highest BCUT2D eigenvalue weighted by Crippen LogP contribution is 2.59. The van der Waals surface area contributed by atoms with Crippen molar-refractivity contribution < 1.29 is 9.90 Å². The molecule has 304 valence electrons. The first-order valence-electron chi connectivity index (χ1n) is 22.4. The zero-order chi connectivity index (χ0) is 43.4. The van der Waals surface area contributed by atoms with Gasteiger partial charge in [0.25, 0.3) is 0 Å². The molecule has 12 aromatic carbocycles. The predicted octanol–water partition coefficient (Wildman–Crippen LogP) is 16.1. The van der Waals surface area contributed by atoms with Crippen LogP contribution in [-0.2, 0) is 5.60 Å². The van der Waals surface area contributed by atoms with Crippen LogP contribution >= 0.6 is 0 Å². The van der Waals surface area contributed by atoms with E-state index in [1.807, 2.05) is 31.2 Å². The molecule has 1 N–H and O–H groups in total. The number of rotatable bonds is 4. The Bertz CT molecular complexity index is 3690. The molecule has 65 heavy (non-hydrogen) atoms. The van der Waals surface area contributed by atoms with Gasteiger partial charge in [-0.1, -0.05) is 218 Å². The molecule has 0 spiro atoms. The highest BCUT2D eigenvalue weighted by molar-refractivity contribution is 6.39. The third-order valence-electron chi connectivity index (χ3n) is 14.0. The molecule has 12 aromatic rings. The minimum absolute atomic E-state index is 0.105. The molecule has 0 unspecified atom stereocenters. The smallest absolute Gasteiger partial charge is 0.195 e. The van der Waals surface area contributed by atoms with Gasteiger partial charge in [0.1, 0.15) is 5.60 Å². The van der Waals surface area contributed by atoms with Crippen LogP contribution in [0.25, 0.3) is 109 Å². The van der Waals surface area contributed by atoms with E-state index in [2.05, 4.69) is 194 Å². The second-order valence-electron chi connectivity index (χ2n) is 17.5. The first kappa shape index (κ1) is 37.4. The van der Waals surface area contributed by atoms with E-state index in [9.17, 15) is 5.11 Å². The van der Waals surface area contributed by atoms with E-state index in [0.717, 1.165) is 109 Å². The van der Waals surface area contributed by atoms with Crippen molar-refractivity contribution in [3.05, 3.63) is 241 Å². The fraction of sp³-hybridized carbons (Fsp3) is 0.0317. The summed E-state index contributed by atoms with van der Waals surface area (Å²) in [6, 6.07) is 76.0. The Balaban J connectivity index is 1.37. The van der Waals surface area contributed by atoms with E-state index in [1.165, 1.54) is 0 Å². The molecule has 0 bridgehead atoms. The zero-order valence-corrected chi connectivity index (χ0v) is 35.6. The second-order valence-corrected chi connectivity index (χ2v) is 17.5. The standard InChI is InChI=1S/C63H40O2/c1-63(65)60-52(40-26-10-4-11-27-40)56-48-36-20-16-32-44(48)42-30-14-18-34-46(42)54(56)50(38-22-6-2-7-23-38)58(60)62(64)59-51(39-24-8-3-9-25-39)55-47-35-19-15-31-43(47)45-33-17-21-37-49(45)57(55)53(61(59)63)41-28-12-5-13-29-41/h2-37,65H,1H3. The van der Waals surface area contributed by atoms with Gasteiger partial charge in [0.05, 0.1) is 0 Å². The molecule has 2 heteroatoms. The van der Waals surface area contributed by atoms with Crippen molar-refractivity contribution in [1.82, 2.24) is 0 Å². The lowest BCUT2D eigenvalue weighted by molar-refractivity contribution is 0.0874. The molecule has 0 amide bonds. The monoisotopic (exact) mass is 828 g/mol. The predicted molar refractivity (Wildman–Crippen MR) is 272 cm³/mol. The van der Waals surface area contributed by atoms with Gasteiger partial charge >= 0.3 is 0 Å².